The van der Waals surface area contributed by atoms with E-state index in [0.29, 0.717) is 39.1 Å². The van der Waals surface area contributed by atoms with Gasteiger partial charge < -0.3 is 30.0 Å². The van der Waals surface area contributed by atoms with Gasteiger partial charge in [0.15, 0.2) is 5.13 Å². The highest BCUT2D eigenvalue weighted by molar-refractivity contribution is 7.22. The van der Waals surface area contributed by atoms with E-state index in [4.69, 9.17) is 19.2 Å². The fourth-order valence-corrected chi connectivity index (χ4v) is 11.3. The summed E-state index contributed by atoms with van der Waals surface area (Å²) in [5.74, 6) is 1.78. The number of hydrogen-bond acceptors (Lipinski definition) is 12. The van der Waals surface area contributed by atoms with Crippen LogP contribution >= 0.6 is 11.3 Å². The molecule has 7 aromatic rings. The van der Waals surface area contributed by atoms with Gasteiger partial charge in [0.25, 0.3) is 0 Å². The number of anilines is 2. The summed E-state index contributed by atoms with van der Waals surface area (Å²) in [6.07, 6.45) is -0.964. The average molecular weight is 966 g/mol. The number of nitrogens with zero attached hydrogens (tertiary/aromatic N) is 3. The second-order valence-corrected chi connectivity index (χ2v) is 18.9. The van der Waals surface area contributed by atoms with Crippen molar-refractivity contribution < 1.29 is 43.3 Å². The number of benzene rings is 6. The Morgan fingerprint density at radius 1 is 0.775 bits per heavy atom. The SMILES string of the molecule is COC(=O)C(NC(=O)N1C(=O)C2(c3cc(C#Cc4ccc(OC)cc4)ccc31)C(C(=O)Nc1nc3ccccc3s1)C1C(=O)OC(c3ccccc3)C(c3ccccc3)N1C2c1ccc(O)cc1)C(C)C. The number of fused-ring (bicyclic) bond motifs is 4. The fourth-order valence-electron chi connectivity index (χ4n) is 10.4. The largest absolute Gasteiger partial charge is 0.508 e. The number of para-hydroxylation sites is 1. The van der Waals surface area contributed by atoms with Gasteiger partial charge in [-0.25, -0.2) is 19.5 Å². The predicted molar refractivity (Wildman–Crippen MR) is 266 cm³/mol. The van der Waals surface area contributed by atoms with Crippen LogP contribution in [-0.2, 0) is 34.1 Å². The number of amides is 4. The topological polar surface area (TPSA) is 177 Å². The van der Waals surface area contributed by atoms with Gasteiger partial charge in [-0.2, -0.15) is 0 Å². The number of urea groups is 1. The zero-order chi connectivity index (χ0) is 49.6. The summed E-state index contributed by atoms with van der Waals surface area (Å²) in [6.45, 7) is 3.46. The number of methoxy groups -OCH3 is 2. The van der Waals surface area contributed by atoms with E-state index in [9.17, 15) is 9.90 Å². The Morgan fingerprint density at radius 2 is 1.42 bits per heavy atom. The number of carbonyl (C=O) groups is 5. The number of carbonyl (C=O) groups excluding carboxylic acids is 5. The fraction of sp³-hybridized carbons (Fsp3) is 0.214. The van der Waals surface area contributed by atoms with Crippen LogP contribution in [0.5, 0.6) is 11.5 Å². The normalized spacial score (nSPS) is 21.7. The number of hydrogen-bond donors (Lipinski definition) is 3. The van der Waals surface area contributed by atoms with Crippen molar-refractivity contribution in [3.63, 3.8) is 0 Å². The number of rotatable bonds is 9. The summed E-state index contributed by atoms with van der Waals surface area (Å²) in [5.41, 5.74) is 1.68. The van der Waals surface area contributed by atoms with Crippen LogP contribution in [0, 0.1) is 23.7 Å². The molecule has 0 bridgehead atoms. The van der Waals surface area contributed by atoms with Crippen molar-refractivity contribution in [3.05, 3.63) is 185 Å². The van der Waals surface area contributed by atoms with Crippen LogP contribution in [0.4, 0.5) is 15.6 Å². The number of aromatic nitrogens is 1. The van der Waals surface area contributed by atoms with Gasteiger partial charge in [0.1, 0.15) is 35.1 Å². The minimum absolute atomic E-state index is 0.0694. The molecule has 7 unspecified atom stereocenters. The number of phenolic OH excluding ortho intramolecular Hbond substituents is 1. The zero-order valence-electron chi connectivity index (χ0n) is 38.9. The highest BCUT2D eigenvalue weighted by Gasteiger charge is 2.75. The molecule has 4 heterocycles. The maximum absolute atomic E-state index is 16.7. The molecule has 0 aliphatic carbocycles. The van der Waals surface area contributed by atoms with E-state index >= 15 is 19.2 Å². The van der Waals surface area contributed by atoms with Crippen LogP contribution < -0.4 is 20.3 Å². The number of morpholine rings is 1. The molecule has 10 rings (SSSR count). The van der Waals surface area contributed by atoms with Crippen molar-refractivity contribution in [1.82, 2.24) is 15.2 Å². The van der Waals surface area contributed by atoms with Crippen molar-refractivity contribution in [2.24, 2.45) is 11.8 Å². The van der Waals surface area contributed by atoms with Crippen molar-refractivity contribution >= 4 is 62.2 Å². The molecule has 0 saturated carbocycles. The average Bonchev–Trinajstić information content (AvgIpc) is 4.03. The van der Waals surface area contributed by atoms with Crippen LogP contribution in [0.25, 0.3) is 10.2 Å². The Kier molecular flexibility index (Phi) is 12.3. The van der Waals surface area contributed by atoms with Gasteiger partial charge in [-0.1, -0.05) is 122 Å². The van der Waals surface area contributed by atoms with Crippen molar-refractivity contribution in [2.75, 3.05) is 24.4 Å². The molecule has 3 N–H and O–H groups in total. The van der Waals surface area contributed by atoms with Crippen LogP contribution in [0.3, 0.4) is 0 Å². The van der Waals surface area contributed by atoms with Crippen LogP contribution in [0.15, 0.2) is 152 Å². The van der Waals surface area contributed by atoms with E-state index in [2.05, 4.69) is 22.5 Å². The first-order valence-electron chi connectivity index (χ1n) is 23.0. The van der Waals surface area contributed by atoms with E-state index in [1.807, 2.05) is 89.8 Å². The van der Waals surface area contributed by atoms with E-state index in [-0.39, 0.29) is 22.1 Å². The summed E-state index contributed by atoms with van der Waals surface area (Å²) in [7, 11) is 2.78. The lowest BCUT2D eigenvalue weighted by atomic mass is 9.65. The first-order chi connectivity index (χ1) is 34.4. The Balaban J connectivity index is 1.27. The minimum Gasteiger partial charge on any atom is -0.508 e. The Hall–Kier alpha value is -8.32. The Labute approximate surface area is 413 Å². The monoisotopic (exact) mass is 965 g/mol. The summed E-state index contributed by atoms with van der Waals surface area (Å²) in [6, 6.07) is 38.7. The van der Waals surface area contributed by atoms with Crippen LogP contribution in [0.1, 0.15) is 65.4 Å². The number of thiazole rings is 1. The lowest BCUT2D eigenvalue weighted by Gasteiger charge is -2.46. The van der Waals surface area contributed by atoms with Gasteiger partial charge in [-0.05, 0) is 94.9 Å². The van der Waals surface area contributed by atoms with Crippen molar-refractivity contribution in [1.29, 1.82) is 0 Å². The van der Waals surface area contributed by atoms with Crippen molar-refractivity contribution in [2.45, 2.75) is 49.5 Å². The first-order valence-corrected chi connectivity index (χ1v) is 23.8. The summed E-state index contributed by atoms with van der Waals surface area (Å²) < 4.78 is 17.8. The third-order valence-corrected chi connectivity index (χ3v) is 14.5. The molecule has 356 valence electrons. The van der Waals surface area contributed by atoms with E-state index < -0.39 is 77.3 Å². The van der Waals surface area contributed by atoms with Crippen molar-refractivity contribution in [3.8, 4) is 23.3 Å². The third kappa shape index (κ3) is 8.10. The van der Waals surface area contributed by atoms with E-state index in [1.54, 1.807) is 75.6 Å². The zero-order valence-corrected chi connectivity index (χ0v) is 39.8. The lowest BCUT2D eigenvalue weighted by molar-refractivity contribution is -0.177. The molecule has 4 amide bonds. The van der Waals surface area contributed by atoms with Gasteiger partial charge in [0.05, 0.1) is 48.1 Å². The number of cyclic esters (lactones) is 1. The van der Waals surface area contributed by atoms with Gasteiger partial charge in [-0.15, -0.1) is 0 Å². The number of imide groups is 1. The second-order valence-electron chi connectivity index (χ2n) is 17.9. The molecule has 14 nitrogen and oxygen atoms in total. The maximum atomic E-state index is 16.7. The molecule has 71 heavy (non-hydrogen) atoms. The molecule has 2 saturated heterocycles. The molecule has 6 aromatic carbocycles. The number of nitrogens with one attached hydrogen (secondary N) is 2. The summed E-state index contributed by atoms with van der Waals surface area (Å²) in [5, 5.41) is 16.8. The van der Waals surface area contributed by atoms with E-state index in [0.717, 1.165) is 9.60 Å². The summed E-state index contributed by atoms with van der Waals surface area (Å²) in [4.78, 5) is 84.0. The van der Waals surface area contributed by atoms with Gasteiger partial charge in [-0.3, -0.25) is 19.3 Å². The quantitative estimate of drug-likeness (QED) is 0.0933. The number of aromatic hydroxyl groups is 1. The number of ether oxygens (including phenoxy) is 3. The maximum Gasteiger partial charge on any atom is 0.329 e. The minimum atomic E-state index is -2.15. The predicted octanol–water partition coefficient (Wildman–Crippen LogP) is 8.62. The molecule has 2 fully saturated rings. The number of esters is 2. The number of phenols is 1. The Morgan fingerprint density at radius 3 is 2.08 bits per heavy atom. The molecular weight excluding hydrogens is 919 g/mol. The standard InChI is InChI=1S/C56H47N5O9S/c1-32(2)45(51(64)69-4)58-55(67)60-42-30-23-34(20-19-33-21-28-39(68-3)29-22-33)31-40(42)56(53(60)66)44(50(63)59-54-57-41-17-11-12-18-43(41)71-54)47-52(65)70-48(36-15-9-6-10-16-36)46(35-13-7-5-8-14-35)61(47)49(56)37-24-26-38(62)27-25-37/h5-18,21-32,44-49,62H,1-4H3,(H,58,67)(H,57,59,63). The molecule has 3 aliphatic rings. The highest BCUT2D eigenvalue weighted by atomic mass is 32.1. The summed E-state index contributed by atoms with van der Waals surface area (Å²) >= 11 is 1.22. The van der Waals surface area contributed by atoms with Gasteiger partial charge >= 0.3 is 18.0 Å². The molecule has 3 aliphatic heterocycles. The molecule has 0 radical (unpaired) electrons. The third-order valence-electron chi connectivity index (χ3n) is 13.5. The van der Waals surface area contributed by atoms with Gasteiger partial charge in [0.2, 0.25) is 11.8 Å². The Bertz CT molecular complexity index is 3230. The van der Waals surface area contributed by atoms with Crippen LogP contribution in [0.2, 0.25) is 0 Å². The van der Waals surface area contributed by atoms with E-state index in [1.165, 1.54) is 30.6 Å². The molecule has 7 atom stereocenters. The first kappa shape index (κ1) is 46.4. The second kappa shape index (κ2) is 18.9. The smallest absolute Gasteiger partial charge is 0.329 e. The highest BCUT2D eigenvalue weighted by Crippen LogP contribution is 2.66. The molecule has 1 aromatic heterocycles. The van der Waals surface area contributed by atoms with Gasteiger partial charge in [0, 0.05) is 11.1 Å². The molecule has 15 heteroatoms. The van der Waals surface area contributed by atoms with Crippen LogP contribution in [-0.4, -0.2) is 71.1 Å². The molecule has 1 spiro atoms. The lowest BCUT2D eigenvalue weighted by Crippen LogP contribution is -2.57. The molecular formula is C56H47N5O9S.